The lowest BCUT2D eigenvalue weighted by atomic mass is 10.0. The van der Waals surface area contributed by atoms with E-state index in [2.05, 4.69) is 0 Å². The number of rotatable bonds is 7. The Balaban J connectivity index is 2.75. The van der Waals surface area contributed by atoms with Crippen molar-refractivity contribution >= 4 is 17.6 Å². The van der Waals surface area contributed by atoms with E-state index in [0.29, 0.717) is 24.3 Å². The second-order valence-corrected chi connectivity index (χ2v) is 4.39. The number of aliphatic carboxylic acids is 1. The Morgan fingerprint density at radius 3 is 2.67 bits per heavy atom. The quantitative estimate of drug-likeness (QED) is 0.774. The average Bonchev–Trinajstić information content (AvgIpc) is 2.37. The van der Waals surface area contributed by atoms with Crippen molar-refractivity contribution in [2.24, 2.45) is 0 Å². The molecule has 18 heavy (non-hydrogen) atoms. The molecular weight excluding hydrogens is 256 g/mol. The highest BCUT2D eigenvalue weighted by atomic mass is 35.5. The molecule has 1 aromatic rings. The van der Waals surface area contributed by atoms with Crippen LogP contribution in [0.2, 0.25) is 0 Å². The Labute approximate surface area is 111 Å². The molecule has 1 aromatic carbocycles. The van der Waals surface area contributed by atoms with E-state index < -0.39 is 5.97 Å². The fourth-order valence-corrected chi connectivity index (χ4v) is 2.00. The largest absolute Gasteiger partial charge is 0.497 e. The highest BCUT2D eigenvalue weighted by molar-refractivity contribution is 6.21. The molecule has 100 valence electrons. The summed E-state index contributed by atoms with van der Waals surface area (Å²) in [7, 11) is 3.16. The van der Waals surface area contributed by atoms with Crippen molar-refractivity contribution < 1.29 is 19.4 Å². The van der Waals surface area contributed by atoms with Gasteiger partial charge >= 0.3 is 5.97 Å². The van der Waals surface area contributed by atoms with Crippen molar-refractivity contribution in [2.45, 2.75) is 24.6 Å². The molecule has 0 aliphatic rings. The minimum absolute atomic E-state index is 0.121. The number of hydrogen-bond donors (Lipinski definition) is 1. The molecule has 0 radical (unpaired) electrons. The number of halogens is 1. The van der Waals surface area contributed by atoms with E-state index in [0.717, 1.165) is 5.56 Å². The van der Waals surface area contributed by atoms with E-state index >= 15 is 0 Å². The number of benzene rings is 1. The van der Waals surface area contributed by atoms with E-state index in [-0.39, 0.29) is 11.8 Å². The van der Waals surface area contributed by atoms with Crippen LogP contribution in [0.5, 0.6) is 11.5 Å². The summed E-state index contributed by atoms with van der Waals surface area (Å²) in [5, 5.41) is 8.31. The number of alkyl halides is 1. The van der Waals surface area contributed by atoms with Gasteiger partial charge in [0.25, 0.3) is 0 Å². The van der Waals surface area contributed by atoms with Crippen LogP contribution >= 0.6 is 11.6 Å². The van der Waals surface area contributed by atoms with Gasteiger partial charge in [0, 0.05) is 12.0 Å². The Bertz CT molecular complexity index is 406. The molecule has 1 rings (SSSR count). The van der Waals surface area contributed by atoms with Gasteiger partial charge in [0.15, 0.2) is 0 Å². The minimum atomic E-state index is -0.809. The van der Waals surface area contributed by atoms with Crippen LogP contribution < -0.4 is 9.47 Å². The predicted molar refractivity (Wildman–Crippen MR) is 69.6 cm³/mol. The molecule has 0 bridgehead atoms. The van der Waals surface area contributed by atoms with E-state index in [1.54, 1.807) is 26.4 Å². The molecule has 0 saturated heterocycles. The van der Waals surface area contributed by atoms with Gasteiger partial charge in [0.05, 0.1) is 19.6 Å². The van der Waals surface area contributed by atoms with Crippen LogP contribution in [0.1, 0.15) is 30.2 Å². The highest BCUT2D eigenvalue weighted by Crippen LogP contribution is 2.35. The molecular formula is C13H17ClO4. The average molecular weight is 273 g/mol. The van der Waals surface area contributed by atoms with Gasteiger partial charge in [-0.25, -0.2) is 0 Å². The molecule has 4 nitrogen and oxygen atoms in total. The smallest absolute Gasteiger partial charge is 0.303 e. The first-order valence-corrected chi connectivity index (χ1v) is 6.10. The molecule has 0 aromatic heterocycles. The molecule has 0 saturated carbocycles. The number of carboxylic acid groups (broad SMARTS) is 1. The van der Waals surface area contributed by atoms with E-state index in [9.17, 15) is 4.79 Å². The zero-order valence-electron chi connectivity index (χ0n) is 10.5. The van der Waals surface area contributed by atoms with Crippen LogP contribution in [0.3, 0.4) is 0 Å². The van der Waals surface area contributed by atoms with Gasteiger partial charge in [-0.05, 0) is 31.0 Å². The van der Waals surface area contributed by atoms with E-state index in [4.69, 9.17) is 26.2 Å². The normalized spacial score (nSPS) is 11.9. The van der Waals surface area contributed by atoms with Gasteiger partial charge in [-0.1, -0.05) is 0 Å². The molecule has 1 N–H and O–H groups in total. The SMILES string of the molecule is COc1ccc(OC)c(C(Cl)CCCC(=O)O)c1. The fourth-order valence-electron chi connectivity index (χ4n) is 1.67. The summed E-state index contributed by atoms with van der Waals surface area (Å²) in [5.74, 6) is 0.581. The lowest BCUT2D eigenvalue weighted by Crippen LogP contribution is -1.99. The Morgan fingerprint density at radius 1 is 1.39 bits per heavy atom. The summed E-state index contributed by atoms with van der Waals surface area (Å²) in [4.78, 5) is 10.5. The second kappa shape index (κ2) is 7.11. The maximum atomic E-state index is 10.5. The van der Waals surface area contributed by atoms with Crippen molar-refractivity contribution in [2.75, 3.05) is 14.2 Å². The topological polar surface area (TPSA) is 55.8 Å². The molecule has 0 spiro atoms. The number of carboxylic acids is 1. The van der Waals surface area contributed by atoms with E-state index in [1.165, 1.54) is 0 Å². The van der Waals surface area contributed by atoms with Crippen molar-refractivity contribution in [1.29, 1.82) is 0 Å². The first-order valence-electron chi connectivity index (χ1n) is 5.66. The monoisotopic (exact) mass is 272 g/mol. The maximum Gasteiger partial charge on any atom is 0.303 e. The molecule has 1 atom stereocenters. The first kappa shape index (κ1) is 14.6. The summed E-state index contributed by atoms with van der Waals surface area (Å²) < 4.78 is 10.4. The molecule has 1 unspecified atom stereocenters. The Morgan fingerprint density at radius 2 is 2.11 bits per heavy atom. The van der Waals surface area contributed by atoms with Crippen molar-refractivity contribution in [1.82, 2.24) is 0 Å². The minimum Gasteiger partial charge on any atom is -0.497 e. The van der Waals surface area contributed by atoms with Gasteiger partial charge in [-0.15, -0.1) is 11.6 Å². The lowest BCUT2D eigenvalue weighted by Gasteiger charge is -2.14. The van der Waals surface area contributed by atoms with Crippen molar-refractivity contribution in [3.8, 4) is 11.5 Å². The van der Waals surface area contributed by atoms with Gasteiger partial charge in [0.1, 0.15) is 11.5 Å². The number of carbonyl (C=O) groups is 1. The summed E-state index contributed by atoms with van der Waals surface area (Å²) in [6, 6.07) is 5.40. The molecule has 0 aliphatic heterocycles. The van der Waals surface area contributed by atoms with Crippen LogP contribution in [0.25, 0.3) is 0 Å². The third-order valence-corrected chi connectivity index (χ3v) is 3.08. The second-order valence-electron chi connectivity index (χ2n) is 3.86. The van der Waals surface area contributed by atoms with Crippen molar-refractivity contribution in [3.05, 3.63) is 23.8 Å². The fraction of sp³-hybridized carbons (Fsp3) is 0.462. The highest BCUT2D eigenvalue weighted by Gasteiger charge is 2.15. The van der Waals surface area contributed by atoms with Crippen LogP contribution in [0, 0.1) is 0 Å². The summed E-state index contributed by atoms with van der Waals surface area (Å²) >= 11 is 6.27. The number of hydrogen-bond acceptors (Lipinski definition) is 3. The number of methoxy groups -OCH3 is 2. The Hall–Kier alpha value is -1.42. The summed E-state index contributed by atoms with van der Waals surface area (Å²) in [6.07, 6.45) is 1.23. The van der Waals surface area contributed by atoms with Gasteiger partial charge in [-0.2, -0.15) is 0 Å². The molecule has 5 heteroatoms. The summed E-state index contributed by atoms with van der Waals surface area (Å²) in [5.41, 5.74) is 0.823. The van der Waals surface area contributed by atoms with Gasteiger partial charge in [-0.3, -0.25) is 4.79 Å². The van der Waals surface area contributed by atoms with Crippen LogP contribution in [0.4, 0.5) is 0 Å². The molecule has 0 amide bonds. The van der Waals surface area contributed by atoms with Gasteiger partial charge in [0.2, 0.25) is 0 Å². The zero-order valence-corrected chi connectivity index (χ0v) is 11.2. The standard InChI is InChI=1S/C13H17ClO4/c1-17-9-6-7-12(18-2)10(8-9)11(14)4-3-5-13(15)16/h6-8,11H,3-5H2,1-2H3,(H,15,16). The zero-order chi connectivity index (χ0) is 13.5. The van der Waals surface area contributed by atoms with Crippen LogP contribution in [-0.4, -0.2) is 25.3 Å². The third kappa shape index (κ3) is 4.11. The van der Waals surface area contributed by atoms with Crippen LogP contribution in [0.15, 0.2) is 18.2 Å². The predicted octanol–water partition coefficient (Wildman–Crippen LogP) is 3.24. The number of ether oxygens (including phenoxy) is 2. The van der Waals surface area contributed by atoms with Crippen LogP contribution in [-0.2, 0) is 4.79 Å². The van der Waals surface area contributed by atoms with E-state index in [1.807, 2.05) is 6.07 Å². The molecule has 0 aliphatic carbocycles. The van der Waals surface area contributed by atoms with Gasteiger partial charge < -0.3 is 14.6 Å². The van der Waals surface area contributed by atoms with Crippen molar-refractivity contribution in [3.63, 3.8) is 0 Å². The summed E-state index contributed by atoms with van der Waals surface area (Å²) in [6.45, 7) is 0. The Kier molecular flexibility index (Phi) is 5.78. The third-order valence-electron chi connectivity index (χ3n) is 2.62. The maximum absolute atomic E-state index is 10.5. The lowest BCUT2D eigenvalue weighted by molar-refractivity contribution is -0.137. The molecule has 0 fully saturated rings. The first-order chi connectivity index (χ1) is 8.58. The molecule has 0 heterocycles.